The van der Waals surface area contributed by atoms with Crippen LogP contribution in [0.15, 0.2) is 17.4 Å². The Labute approximate surface area is 92.3 Å². The molecule has 0 bridgehead atoms. The zero-order valence-electron chi connectivity index (χ0n) is 8.49. The molecule has 0 radical (unpaired) electrons. The minimum Gasteiger partial charge on any atom is -0.480 e. The molecule has 0 aliphatic rings. The summed E-state index contributed by atoms with van der Waals surface area (Å²) in [7, 11) is -3.49. The van der Waals surface area contributed by atoms with E-state index in [9.17, 15) is 13.2 Å². The average molecular weight is 245 g/mol. The lowest BCUT2D eigenvalue weighted by Crippen LogP contribution is -2.32. The van der Waals surface area contributed by atoms with Gasteiger partial charge in [-0.2, -0.15) is 0 Å². The molecule has 0 aromatic carbocycles. The topological polar surface area (TPSA) is 123 Å². The summed E-state index contributed by atoms with van der Waals surface area (Å²) in [4.78, 5) is 17.8. The van der Waals surface area contributed by atoms with Gasteiger partial charge in [-0.25, -0.2) is 18.4 Å². The standard InChI is InChI=1S/C8H11N3O4S/c1-16(14,15)8-10-3-2-5(11-8)4-6(9)7(12)13/h2-3,6H,4,9H2,1H3,(H,12,13)/t6-/m0/s1. The Morgan fingerprint density at radius 2 is 2.25 bits per heavy atom. The molecule has 0 saturated heterocycles. The zero-order valence-corrected chi connectivity index (χ0v) is 9.31. The van der Waals surface area contributed by atoms with E-state index in [2.05, 4.69) is 9.97 Å². The number of hydrogen-bond donors (Lipinski definition) is 2. The summed E-state index contributed by atoms with van der Waals surface area (Å²) in [6.07, 6.45) is 2.19. The Hall–Kier alpha value is -1.54. The van der Waals surface area contributed by atoms with Crippen LogP contribution in [0.3, 0.4) is 0 Å². The second-order valence-corrected chi connectivity index (χ2v) is 5.16. The molecule has 0 spiro atoms. The molecule has 7 nitrogen and oxygen atoms in total. The first-order valence-corrected chi connectivity index (χ1v) is 6.20. The van der Waals surface area contributed by atoms with Gasteiger partial charge in [0, 0.05) is 24.6 Å². The lowest BCUT2D eigenvalue weighted by atomic mass is 10.2. The average Bonchev–Trinajstić information content (AvgIpc) is 2.16. The van der Waals surface area contributed by atoms with E-state index in [0.717, 1.165) is 6.26 Å². The van der Waals surface area contributed by atoms with E-state index in [0.29, 0.717) is 0 Å². The Morgan fingerprint density at radius 1 is 1.62 bits per heavy atom. The Balaban J connectivity index is 2.96. The molecule has 1 atom stereocenters. The van der Waals surface area contributed by atoms with Crippen LogP contribution in [0.1, 0.15) is 5.69 Å². The van der Waals surface area contributed by atoms with Crippen molar-refractivity contribution in [2.75, 3.05) is 6.26 Å². The van der Waals surface area contributed by atoms with E-state index in [1.54, 1.807) is 0 Å². The van der Waals surface area contributed by atoms with Gasteiger partial charge in [-0.3, -0.25) is 4.79 Å². The number of nitrogens with two attached hydrogens (primary N) is 1. The molecular formula is C8H11N3O4S. The molecule has 16 heavy (non-hydrogen) atoms. The molecule has 0 aliphatic carbocycles. The van der Waals surface area contributed by atoms with Gasteiger partial charge in [0.15, 0.2) is 0 Å². The first-order chi connectivity index (χ1) is 7.30. The fourth-order valence-corrected chi connectivity index (χ4v) is 1.52. The van der Waals surface area contributed by atoms with Crippen LogP contribution in [0.4, 0.5) is 0 Å². The maximum absolute atomic E-state index is 11.1. The quantitative estimate of drug-likeness (QED) is 0.641. The van der Waals surface area contributed by atoms with Crippen molar-refractivity contribution in [2.24, 2.45) is 5.73 Å². The van der Waals surface area contributed by atoms with Crippen LogP contribution < -0.4 is 5.73 Å². The normalized spacial score (nSPS) is 13.4. The lowest BCUT2D eigenvalue weighted by Gasteiger charge is -2.05. The van der Waals surface area contributed by atoms with Crippen LogP contribution in [-0.2, 0) is 21.1 Å². The van der Waals surface area contributed by atoms with Gasteiger partial charge in [0.2, 0.25) is 15.0 Å². The van der Waals surface area contributed by atoms with Crippen LogP contribution >= 0.6 is 0 Å². The van der Waals surface area contributed by atoms with Gasteiger partial charge < -0.3 is 10.8 Å². The van der Waals surface area contributed by atoms with E-state index >= 15 is 0 Å². The lowest BCUT2D eigenvalue weighted by molar-refractivity contribution is -0.138. The van der Waals surface area contributed by atoms with Gasteiger partial charge in [-0.1, -0.05) is 0 Å². The molecule has 3 N–H and O–H groups in total. The van der Waals surface area contributed by atoms with Gasteiger partial charge >= 0.3 is 5.97 Å². The van der Waals surface area contributed by atoms with E-state index < -0.39 is 21.8 Å². The highest BCUT2D eigenvalue weighted by Crippen LogP contribution is 2.04. The van der Waals surface area contributed by atoms with Gasteiger partial charge in [0.1, 0.15) is 6.04 Å². The van der Waals surface area contributed by atoms with Gasteiger partial charge in [0.25, 0.3) is 0 Å². The fraction of sp³-hybridized carbons (Fsp3) is 0.375. The summed E-state index contributed by atoms with van der Waals surface area (Å²) in [5.41, 5.74) is 5.58. The van der Waals surface area contributed by atoms with Crippen LogP contribution in [0.2, 0.25) is 0 Å². The highest BCUT2D eigenvalue weighted by molar-refractivity contribution is 7.90. The van der Waals surface area contributed by atoms with Gasteiger partial charge in [-0.05, 0) is 6.07 Å². The minimum atomic E-state index is -3.49. The SMILES string of the molecule is CS(=O)(=O)c1nccc(C[C@H](N)C(=O)O)n1. The third-order valence-corrected chi connectivity index (χ3v) is 2.63. The van der Waals surface area contributed by atoms with Crippen molar-refractivity contribution >= 4 is 15.8 Å². The summed E-state index contributed by atoms with van der Waals surface area (Å²) in [6.45, 7) is 0. The summed E-state index contributed by atoms with van der Waals surface area (Å²) in [6, 6.07) is 0.319. The molecule has 1 aromatic rings. The van der Waals surface area contributed by atoms with Crippen molar-refractivity contribution in [3.63, 3.8) is 0 Å². The van der Waals surface area contributed by atoms with Crippen LogP contribution in [0, 0.1) is 0 Å². The first kappa shape index (κ1) is 12.5. The number of sulfone groups is 1. The van der Waals surface area contributed by atoms with Crippen LogP contribution in [0.5, 0.6) is 0 Å². The molecular weight excluding hydrogens is 234 g/mol. The second kappa shape index (κ2) is 4.54. The maximum Gasteiger partial charge on any atom is 0.320 e. The highest BCUT2D eigenvalue weighted by atomic mass is 32.2. The van der Waals surface area contributed by atoms with Crippen molar-refractivity contribution in [1.82, 2.24) is 9.97 Å². The monoisotopic (exact) mass is 245 g/mol. The fourth-order valence-electron chi connectivity index (χ4n) is 0.981. The van der Waals surface area contributed by atoms with E-state index in [-0.39, 0.29) is 17.3 Å². The predicted octanol–water partition coefficient (Wildman–Crippen LogP) is -1.17. The van der Waals surface area contributed by atoms with Crippen molar-refractivity contribution in [3.8, 4) is 0 Å². The number of hydrogen-bond acceptors (Lipinski definition) is 6. The zero-order chi connectivity index (χ0) is 12.3. The van der Waals surface area contributed by atoms with Gasteiger partial charge in [0.05, 0.1) is 0 Å². The number of carboxylic acids is 1. The number of rotatable bonds is 4. The molecule has 0 saturated carbocycles. The van der Waals surface area contributed by atoms with Crippen molar-refractivity contribution in [1.29, 1.82) is 0 Å². The van der Waals surface area contributed by atoms with Crippen LogP contribution in [-0.4, -0.2) is 41.8 Å². The molecule has 0 fully saturated rings. The smallest absolute Gasteiger partial charge is 0.320 e. The van der Waals surface area contributed by atoms with Crippen molar-refractivity contribution < 1.29 is 18.3 Å². The second-order valence-electron chi connectivity index (χ2n) is 3.25. The molecule has 0 unspecified atom stereocenters. The van der Waals surface area contributed by atoms with E-state index in [1.807, 2.05) is 0 Å². The molecule has 8 heteroatoms. The molecule has 0 amide bonds. The Bertz CT molecular complexity index is 500. The summed E-state index contributed by atoms with van der Waals surface area (Å²) < 4.78 is 22.3. The molecule has 88 valence electrons. The summed E-state index contributed by atoms with van der Waals surface area (Å²) >= 11 is 0. The van der Waals surface area contributed by atoms with Crippen molar-refractivity contribution in [3.05, 3.63) is 18.0 Å². The third-order valence-electron chi connectivity index (χ3n) is 1.77. The molecule has 1 heterocycles. The molecule has 0 aliphatic heterocycles. The molecule has 1 rings (SSSR count). The van der Waals surface area contributed by atoms with Gasteiger partial charge in [-0.15, -0.1) is 0 Å². The van der Waals surface area contributed by atoms with E-state index in [4.69, 9.17) is 10.8 Å². The number of nitrogens with zero attached hydrogens (tertiary/aromatic N) is 2. The highest BCUT2D eigenvalue weighted by Gasteiger charge is 2.16. The largest absolute Gasteiger partial charge is 0.480 e. The third kappa shape index (κ3) is 3.24. The summed E-state index contributed by atoms with van der Waals surface area (Å²) in [5.74, 6) is -1.17. The summed E-state index contributed by atoms with van der Waals surface area (Å²) in [5, 5.41) is 8.25. The Kier molecular flexibility index (Phi) is 3.55. The van der Waals surface area contributed by atoms with Crippen LogP contribution in [0.25, 0.3) is 0 Å². The number of carbonyl (C=O) groups is 1. The molecule has 1 aromatic heterocycles. The number of aromatic nitrogens is 2. The number of aliphatic carboxylic acids is 1. The first-order valence-electron chi connectivity index (χ1n) is 4.31. The predicted molar refractivity (Wildman–Crippen MR) is 54.5 cm³/mol. The van der Waals surface area contributed by atoms with Crippen molar-refractivity contribution in [2.45, 2.75) is 17.6 Å². The minimum absolute atomic E-state index is 0.0413. The van der Waals surface area contributed by atoms with E-state index in [1.165, 1.54) is 12.3 Å². The Morgan fingerprint density at radius 3 is 2.75 bits per heavy atom. The maximum atomic E-state index is 11.1. The number of carboxylic acid groups (broad SMARTS) is 1.